The molecule has 4 heteroatoms. The van der Waals surface area contributed by atoms with E-state index in [1.54, 1.807) is 6.07 Å². The quantitative estimate of drug-likeness (QED) is 0.876. The van der Waals surface area contributed by atoms with E-state index in [0.717, 1.165) is 31.6 Å². The van der Waals surface area contributed by atoms with Crippen molar-refractivity contribution in [3.63, 3.8) is 0 Å². The monoisotopic (exact) mass is 264 g/mol. The summed E-state index contributed by atoms with van der Waals surface area (Å²) < 4.78 is 13.7. The van der Waals surface area contributed by atoms with Crippen LogP contribution in [0.3, 0.4) is 0 Å². The number of piperazine rings is 1. The summed E-state index contributed by atoms with van der Waals surface area (Å²) in [5, 5.41) is 9.75. The Kier molecular flexibility index (Phi) is 3.56. The van der Waals surface area contributed by atoms with Crippen molar-refractivity contribution in [1.82, 2.24) is 9.80 Å². The molecule has 1 unspecified atom stereocenters. The van der Waals surface area contributed by atoms with Crippen LogP contribution in [-0.2, 0) is 6.54 Å². The van der Waals surface area contributed by atoms with E-state index >= 15 is 0 Å². The Labute approximate surface area is 113 Å². The highest BCUT2D eigenvalue weighted by atomic mass is 19.1. The summed E-state index contributed by atoms with van der Waals surface area (Å²) in [4.78, 5) is 4.70. The Balaban J connectivity index is 1.70. The van der Waals surface area contributed by atoms with Gasteiger partial charge in [0.1, 0.15) is 5.82 Å². The number of aliphatic hydroxyl groups excluding tert-OH is 1. The summed E-state index contributed by atoms with van der Waals surface area (Å²) in [5.74, 6) is -0.122. The summed E-state index contributed by atoms with van der Waals surface area (Å²) in [6.45, 7) is 5.53. The van der Waals surface area contributed by atoms with Gasteiger partial charge in [0.15, 0.2) is 0 Å². The van der Waals surface area contributed by atoms with Gasteiger partial charge in [0.2, 0.25) is 0 Å². The minimum absolute atomic E-state index is 0.122. The van der Waals surface area contributed by atoms with Crippen LogP contribution < -0.4 is 0 Å². The lowest BCUT2D eigenvalue weighted by Crippen LogP contribution is -2.54. The Morgan fingerprint density at radius 2 is 2.05 bits per heavy atom. The molecule has 2 saturated heterocycles. The normalized spacial score (nSPS) is 32.5. The van der Waals surface area contributed by atoms with Crippen LogP contribution >= 0.6 is 0 Å². The third kappa shape index (κ3) is 2.66. The van der Waals surface area contributed by atoms with E-state index in [1.165, 1.54) is 6.07 Å². The van der Waals surface area contributed by atoms with Gasteiger partial charge in [-0.1, -0.05) is 18.2 Å². The standard InChI is InChI=1S/C15H21FN2O/c1-11-7-18-10-14(19)6-13(18)9-17(11)8-12-4-2-3-5-15(12)16/h2-5,11,13-14,19H,6-10H2,1H3/t11-,13?,14-/m1/s1. The molecule has 3 rings (SSSR count). The molecule has 0 bridgehead atoms. The number of aliphatic hydroxyl groups is 1. The summed E-state index contributed by atoms with van der Waals surface area (Å²) in [7, 11) is 0. The summed E-state index contributed by atoms with van der Waals surface area (Å²) in [5.41, 5.74) is 0.765. The molecule has 0 aromatic heterocycles. The lowest BCUT2D eigenvalue weighted by Gasteiger charge is -2.42. The van der Waals surface area contributed by atoms with Gasteiger partial charge in [0.05, 0.1) is 6.10 Å². The maximum atomic E-state index is 13.7. The highest BCUT2D eigenvalue weighted by Gasteiger charge is 2.38. The van der Waals surface area contributed by atoms with Gasteiger partial charge in [-0.05, 0) is 19.4 Å². The lowest BCUT2D eigenvalue weighted by molar-refractivity contribution is 0.0521. The number of hydrogen-bond donors (Lipinski definition) is 1. The largest absolute Gasteiger partial charge is 0.392 e. The van der Waals surface area contributed by atoms with Crippen molar-refractivity contribution in [1.29, 1.82) is 0 Å². The Morgan fingerprint density at radius 3 is 2.84 bits per heavy atom. The van der Waals surface area contributed by atoms with Crippen LogP contribution in [-0.4, -0.2) is 52.7 Å². The zero-order valence-corrected chi connectivity index (χ0v) is 11.3. The molecule has 2 fully saturated rings. The predicted molar refractivity (Wildman–Crippen MR) is 72.3 cm³/mol. The van der Waals surface area contributed by atoms with Crippen LogP contribution in [0.25, 0.3) is 0 Å². The molecule has 1 N–H and O–H groups in total. The molecule has 19 heavy (non-hydrogen) atoms. The second kappa shape index (κ2) is 5.19. The smallest absolute Gasteiger partial charge is 0.127 e. The van der Waals surface area contributed by atoms with Crippen LogP contribution in [0.5, 0.6) is 0 Å². The Morgan fingerprint density at radius 1 is 1.26 bits per heavy atom. The Bertz CT molecular complexity index is 454. The van der Waals surface area contributed by atoms with Crippen molar-refractivity contribution >= 4 is 0 Å². The molecule has 2 aliphatic rings. The number of fused-ring (bicyclic) bond motifs is 1. The molecule has 0 radical (unpaired) electrons. The fraction of sp³-hybridized carbons (Fsp3) is 0.600. The van der Waals surface area contributed by atoms with Crippen LogP contribution in [0.1, 0.15) is 18.9 Å². The molecule has 104 valence electrons. The van der Waals surface area contributed by atoms with Crippen molar-refractivity contribution in [3.8, 4) is 0 Å². The van der Waals surface area contributed by atoms with E-state index in [9.17, 15) is 9.50 Å². The highest BCUT2D eigenvalue weighted by Crippen LogP contribution is 2.26. The van der Waals surface area contributed by atoms with E-state index in [0.29, 0.717) is 18.6 Å². The van der Waals surface area contributed by atoms with Gasteiger partial charge in [-0.3, -0.25) is 9.80 Å². The SMILES string of the molecule is C[C@@H]1CN2C[C@H](O)CC2CN1Cc1ccccc1F. The van der Waals surface area contributed by atoms with Gasteiger partial charge in [0, 0.05) is 43.8 Å². The first-order chi connectivity index (χ1) is 9.13. The van der Waals surface area contributed by atoms with Gasteiger partial charge in [-0.25, -0.2) is 4.39 Å². The molecule has 1 aromatic carbocycles. The van der Waals surface area contributed by atoms with Crippen LogP contribution in [0.15, 0.2) is 24.3 Å². The molecule has 2 aliphatic heterocycles. The number of nitrogens with zero attached hydrogens (tertiary/aromatic N) is 2. The van der Waals surface area contributed by atoms with Crippen molar-refractivity contribution < 1.29 is 9.50 Å². The fourth-order valence-corrected chi connectivity index (χ4v) is 3.34. The topological polar surface area (TPSA) is 26.7 Å². The molecule has 0 saturated carbocycles. The molecule has 3 atom stereocenters. The lowest BCUT2D eigenvalue weighted by atomic mass is 10.1. The maximum Gasteiger partial charge on any atom is 0.127 e. The van der Waals surface area contributed by atoms with Crippen LogP contribution in [0, 0.1) is 5.82 Å². The summed E-state index contributed by atoms with van der Waals surface area (Å²) in [6, 6.07) is 7.83. The minimum atomic E-state index is -0.189. The average molecular weight is 264 g/mol. The predicted octanol–water partition coefficient (Wildman–Crippen LogP) is 1.46. The molecule has 1 aromatic rings. The van der Waals surface area contributed by atoms with Gasteiger partial charge in [-0.2, -0.15) is 0 Å². The molecule has 0 aliphatic carbocycles. The number of hydrogen-bond acceptors (Lipinski definition) is 3. The molecule has 0 amide bonds. The number of rotatable bonds is 2. The van der Waals surface area contributed by atoms with Crippen molar-refractivity contribution in [2.45, 2.75) is 38.1 Å². The zero-order valence-electron chi connectivity index (χ0n) is 11.3. The van der Waals surface area contributed by atoms with Crippen molar-refractivity contribution in [3.05, 3.63) is 35.6 Å². The summed E-state index contributed by atoms with van der Waals surface area (Å²) in [6.07, 6.45) is 0.658. The molecule has 2 heterocycles. The fourth-order valence-electron chi connectivity index (χ4n) is 3.34. The second-order valence-electron chi connectivity index (χ2n) is 5.87. The van der Waals surface area contributed by atoms with E-state index in [1.807, 2.05) is 12.1 Å². The van der Waals surface area contributed by atoms with Gasteiger partial charge in [0.25, 0.3) is 0 Å². The molecule has 0 spiro atoms. The third-order valence-corrected chi connectivity index (χ3v) is 4.40. The Hall–Kier alpha value is -0.970. The van der Waals surface area contributed by atoms with Crippen molar-refractivity contribution in [2.24, 2.45) is 0 Å². The molecular formula is C15H21FN2O. The summed E-state index contributed by atoms with van der Waals surface area (Å²) >= 11 is 0. The van der Waals surface area contributed by atoms with E-state index < -0.39 is 0 Å². The highest BCUT2D eigenvalue weighted by molar-refractivity contribution is 5.17. The van der Waals surface area contributed by atoms with Crippen molar-refractivity contribution in [2.75, 3.05) is 19.6 Å². The second-order valence-corrected chi connectivity index (χ2v) is 5.87. The van der Waals surface area contributed by atoms with Crippen LogP contribution in [0.4, 0.5) is 4.39 Å². The first-order valence-corrected chi connectivity index (χ1v) is 7.03. The minimum Gasteiger partial charge on any atom is -0.392 e. The van der Waals surface area contributed by atoms with Gasteiger partial charge in [-0.15, -0.1) is 0 Å². The number of halogens is 1. The molecule has 3 nitrogen and oxygen atoms in total. The first-order valence-electron chi connectivity index (χ1n) is 7.03. The maximum absolute atomic E-state index is 13.7. The van der Waals surface area contributed by atoms with E-state index in [4.69, 9.17) is 0 Å². The van der Waals surface area contributed by atoms with E-state index in [-0.39, 0.29) is 11.9 Å². The average Bonchev–Trinajstić information content (AvgIpc) is 2.71. The van der Waals surface area contributed by atoms with Gasteiger partial charge < -0.3 is 5.11 Å². The van der Waals surface area contributed by atoms with Crippen LogP contribution in [0.2, 0.25) is 0 Å². The first kappa shape index (κ1) is 13.0. The van der Waals surface area contributed by atoms with Gasteiger partial charge >= 0.3 is 0 Å². The van der Waals surface area contributed by atoms with E-state index in [2.05, 4.69) is 16.7 Å². The third-order valence-electron chi connectivity index (χ3n) is 4.40. The number of benzene rings is 1. The molecular weight excluding hydrogens is 243 g/mol. The zero-order chi connectivity index (χ0) is 13.4.